The van der Waals surface area contributed by atoms with E-state index in [1.54, 1.807) is 12.2 Å². The van der Waals surface area contributed by atoms with Crippen molar-refractivity contribution < 1.29 is 8.42 Å². The van der Waals surface area contributed by atoms with Crippen molar-refractivity contribution in [1.82, 2.24) is 4.31 Å². The van der Waals surface area contributed by atoms with E-state index in [1.165, 1.54) is 16.6 Å². The molecule has 0 bridgehead atoms. The van der Waals surface area contributed by atoms with Crippen LogP contribution in [0, 0.1) is 0 Å². The summed E-state index contributed by atoms with van der Waals surface area (Å²) in [4.78, 5) is 0. The normalized spacial score (nSPS) is 20.2. The molecule has 0 unspecified atom stereocenters. The Morgan fingerprint density at radius 3 is 2.73 bits per heavy atom. The van der Waals surface area contributed by atoms with E-state index in [9.17, 15) is 8.42 Å². The lowest BCUT2D eigenvalue weighted by Gasteiger charge is -2.17. The van der Waals surface area contributed by atoms with Crippen molar-refractivity contribution >= 4 is 10.0 Å². The third kappa shape index (κ3) is 1.71. The summed E-state index contributed by atoms with van der Waals surface area (Å²) in [5.41, 5.74) is 0. The van der Waals surface area contributed by atoms with Gasteiger partial charge >= 0.3 is 0 Å². The summed E-state index contributed by atoms with van der Waals surface area (Å²) < 4.78 is 23.4. The second-order valence-electron chi connectivity index (χ2n) is 2.07. The molecule has 0 atom stereocenters. The first-order chi connectivity index (χ1) is 5.17. The van der Waals surface area contributed by atoms with Crippen LogP contribution in [0.4, 0.5) is 0 Å². The van der Waals surface area contributed by atoms with Crippen LogP contribution in [0.5, 0.6) is 0 Å². The smallest absolute Gasteiger partial charge is 0.257 e. The summed E-state index contributed by atoms with van der Waals surface area (Å²) in [7, 11) is -3.19. The van der Waals surface area contributed by atoms with Crippen molar-refractivity contribution in [2.75, 3.05) is 6.54 Å². The van der Waals surface area contributed by atoms with Crippen LogP contribution >= 0.6 is 0 Å². The first-order valence-electron chi connectivity index (χ1n) is 3.14. The lowest BCUT2D eigenvalue weighted by molar-refractivity contribution is 0.531. The van der Waals surface area contributed by atoms with Crippen molar-refractivity contribution in [3.8, 4) is 0 Å². The van der Waals surface area contributed by atoms with E-state index >= 15 is 0 Å². The van der Waals surface area contributed by atoms with E-state index in [2.05, 4.69) is 6.58 Å². The minimum atomic E-state index is -3.19. The Morgan fingerprint density at radius 1 is 1.45 bits per heavy atom. The van der Waals surface area contributed by atoms with Crippen molar-refractivity contribution in [2.45, 2.75) is 0 Å². The molecule has 0 aromatic carbocycles. The van der Waals surface area contributed by atoms with E-state index in [0.29, 0.717) is 6.54 Å². The van der Waals surface area contributed by atoms with Gasteiger partial charge in [-0.3, -0.25) is 4.31 Å². The highest BCUT2D eigenvalue weighted by atomic mass is 32.2. The van der Waals surface area contributed by atoms with Crippen LogP contribution in [0.15, 0.2) is 36.4 Å². The van der Waals surface area contributed by atoms with Gasteiger partial charge in [0.05, 0.1) is 12.0 Å². The van der Waals surface area contributed by atoms with Crippen LogP contribution in [-0.2, 0) is 10.0 Å². The third-order valence-corrected chi connectivity index (χ3v) is 2.68. The molecule has 3 nitrogen and oxygen atoms in total. The van der Waals surface area contributed by atoms with E-state index in [4.69, 9.17) is 0 Å². The first-order valence-corrected chi connectivity index (χ1v) is 4.65. The molecule has 0 fully saturated rings. The maximum atomic E-state index is 11.1. The molecule has 1 aliphatic rings. The molecule has 1 rings (SSSR count). The van der Waals surface area contributed by atoms with Crippen LogP contribution < -0.4 is 0 Å². The largest absolute Gasteiger partial charge is 0.270 e. The molecule has 0 radical (unpaired) electrons. The Morgan fingerprint density at radius 2 is 2.18 bits per heavy atom. The second-order valence-corrected chi connectivity index (χ2v) is 3.84. The van der Waals surface area contributed by atoms with Gasteiger partial charge in [0.15, 0.2) is 0 Å². The van der Waals surface area contributed by atoms with Crippen LogP contribution in [0.2, 0.25) is 0 Å². The van der Waals surface area contributed by atoms with Gasteiger partial charge in [0.25, 0.3) is 10.0 Å². The highest BCUT2D eigenvalue weighted by Crippen LogP contribution is 2.08. The zero-order valence-corrected chi connectivity index (χ0v) is 6.79. The van der Waals surface area contributed by atoms with Gasteiger partial charge in [0.2, 0.25) is 0 Å². The monoisotopic (exact) mass is 171 g/mol. The van der Waals surface area contributed by atoms with Gasteiger partial charge < -0.3 is 0 Å². The van der Waals surface area contributed by atoms with Gasteiger partial charge in [-0.05, 0) is 12.2 Å². The number of nitrogens with zero attached hydrogens (tertiary/aromatic N) is 1. The van der Waals surface area contributed by atoms with Gasteiger partial charge in [0, 0.05) is 6.20 Å². The van der Waals surface area contributed by atoms with Gasteiger partial charge in [-0.25, -0.2) is 8.42 Å². The Hall–Kier alpha value is -1.03. The fraction of sp³-hybridized carbons (Fsp3) is 0.143. The summed E-state index contributed by atoms with van der Waals surface area (Å²) in [6.07, 6.45) is 6.22. The lowest BCUT2D eigenvalue weighted by atomic mass is 10.5. The molecular formula is C7H9NO2S. The Balaban J connectivity index is 2.89. The van der Waals surface area contributed by atoms with Gasteiger partial charge in [-0.15, -0.1) is 6.58 Å². The average molecular weight is 171 g/mol. The maximum Gasteiger partial charge on any atom is 0.257 e. The summed E-state index contributed by atoms with van der Waals surface area (Å²) in [6, 6.07) is 0. The minimum Gasteiger partial charge on any atom is -0.270 e. The lowest BCUT2D eigenvalue weighted by Crippen LogP contribution is -2.25. The first kappa shape index (κ1) is 8.07. The molecule has 4 heteroatoms. The van der Waals surface area contributed by atoms with Crippen LogP contribution in [0.1, 0.15) is 0 Å². The molecule has 0 spiro atoms. The van der Waals surface area contributed by atoms with E-state index in [1.807, 2.05) is 0 Å². The molecule has 60 valence electrons. The van der Waals surface area contributed by atoms with Gasteiger partial charge in [-0.2, -0.15) is 0 Å². The second kappa shape index (κ2) is 2.92. The predicted octanol–water partition coefficient (Wildman–Crippen LogP) is 0.845. The quantitative estimate of drug-likeness (QED) is 0.577. The van der Waals surface area contributed by atoms with Gasteiger partial charge in [-0.1, -0.05) is 6.08 Å². The fourth-order valence-electron chi connectivity index (χ4n) is 0.745. The van der Waals surface area contributed by atoms with Crippen LogP contribution in [0.3, 0.4) is 0 Å². The van der Waals surface area contributed by atoms with Crippen molar-refractivity contribution in [1.29, 1.82) is 0 Å². The number of rotatable bonds is 2. The molecular weight excluding hydrogens is 162 g/mol. The van der Waals surface area contributed by atoms with Crippen LogP contribution in [0.25, 0.3) is 0 Å². The molecule has 1 heterocycles. The highest BCUT2D eigenvalue weighted by Gasteiger charge is 2.14. The Kier molecular flexibility index (Phi) is 2.14. The van der Waals surface area contributed by atoms with Crippen LogP contribution in [-0.4, -0.2) is 19.3 Å². The summed E-state index contributed by atoms with van der Waals surface area (Å²) in [5.74, 6) is 0. The van der Waals surface area contributed by atoms with Crippen molar-refractivity contribution in [2.24, 2.45) is 0 Å². The topological polar surface area (TPSA) is 37.4 Å². The molecule has 0 aromatic rings. The van der Waals surface area contributed by atoms with E-state index in [-0.39, 0.29) is 0 Å². The number of allylic oxidation sites excluding steroid dienone is 2. The van der Waals surface area contributed by atoms with Crippen molar-refractivity contribution in [3.63, 3.8) is 0 Å². The molecule has 0 amide bonds. The summed E-state index contributed by atoms with van der Waals surface area (Å²) in [5, 5.41) is 1.16. The summed E-state index contributed by atoms with van der Waals surface area (Å²) in [6.45, 7) is 3.78. The maximum absolute atomic E-state index is 11.1. The average Bonchev–Trinajstić information content (AvgIpc) is 1.94. The predicted molar refractivity (Wildman–Crippen MR) is 44.1 cm³/mol. The zero-order chi connectivity index (χ0) is 8.32. The number of sulfonamides is 1. The number of hydrogen-bond acceptors (Lipinski definition) is 2. The molecule has 0 saturated carbocycles. The Labute approximate surface area is 66.4 Å². The van der Waals surface area contributed by atoms with E-state index in [0.717, 1.165) is 5.41 Å². The van der Waals surface area contributed by atoms with Gasteiger partial charge in [0.1, 0.15) is 0 Å². The van der Waals surface area contributed by atoms with E-state index < -0.39 is 10.0 Å². The minimum absolute atomic E-state index is 0.323. The standard InChI is InChI=1S/C7H9NO2S/c1-2-5-8-6-3-4-7-11(8,9)10/h2-4,6-7H,1,5H2. The molecule has 0 aromatic heterocycles. The fourth-order valence-corrected chi connectivity index (χ4v) is 1.74. The SMILES string of the molecule is C=CCN1C=CC=CS1(=O)=O. The molecule has 11 heavy (non-hydrogen) atoms. The number of hydrogen-bond donors (Lipinski definition) is 0. The molecule has 1 aliphatic heterocycles. The summed E-state index contributed by atoms with van der Waals surface area (Å²) >= 11 is 0. The molecule has 0 N–H and O–H groups in total. The van der Waals surface area contributed by atoms with Crippen molar-refractivity contribution in [3.05, 3.63) is 36.4 Å². The molecule has 0 aliphatic carbocycles. The molecule has 0 saturated heterocycles. The third-order valence-electron chi connectivity index (χ3n) is 1.25. The zero-order valence-electron chi connectivity index (χ0n) is 5.97. The highest BCUT2D eigenvalue weighted by molar-refractivity contribution is 7.92. The Bertz CT molecular complexity index is 300.